The molecule has 12 heteroatoms. The molecular weight excluding hydrogens is 480 g/mol. The number of aromatic nitrogens is 5. The van der Waals surface area contributed by atoms with Crippen molar-refractivity contribution in [3.8, 4) is 16.5 Å². The second kappa shape index (κ2) is 10.5. The Labute approximate surface area is 210 Å². The molecule has 0 saturated heterocycles. The summed E-state index contributed by atoms with van der Waals surface area (Å²) in [5.74, 6) is -0.357. The molecule has 0 atom stereocenters. The van der Waals surface area contributed by atoms with Crippen molar-refractivity contribution in [3.63, 3.8) is 0 Å². The number of rotatable bonds is 10. The minimum absolute atomic E-state index is 0.101. The number of amides is 1. The van der Waals surface area contributed by atoms with E-state index in [1.54, 1.807) is 22.9 Å². The van der Waals surface area contributed by atoms with E-state index >= 15 is 0 Å². The molecule has 0 aromatic carbocycles. The number of H-pyrrole nitrogens is 2. The van der Waals surface area contributed by atoms with E-state index in [0.29, 0.717) is 33.5 Å². The fraction of sp³-hybridized carbons (Fsp3) is 0.375. The topological polar surface area (TPSA) is 153 Å². The molecule has 1 aliphatic rings. The number of carbonyl (C=O) groups is 1. The first-order valence-corrected chi connectivity index (χ1v) is 12.9. The monoisotopic (exact) mass is 508 g/mol. The molecule has 0 radical (unpaired) electrons. The van der Waals surface area contributed by atoms with Gasteiger partial charge >= 0.3 is 5.69 Å². The van der Waals surface area contributed by atoms with E-state index in [9.17, 15) is 14.7 Å². The maximum atomic E-state index is 12.6. The summed E-state index contributed by atoms with van der Waals surface area (Å²) in [5.41, 5.74) is 1.62. The van der Waals surface area contributed by atoms with Crippen LogP contribution in [0.2, 0.25) is 0 Å². The van der Waals surface area contributed by atoms with Crippen LogP contribution >= 0.6 is 11.3 Å². The van der Waals surface area contributed by atoms with E-state index in [1.165, 1.54) is 11.3 Å². The molecule has 188 valence electrons. The van der Waals surface area contributed by atoms with E-state index in [-0.39, 0.29) is 23.5 Å². The molecule has 1 amide bonds. The molecule has 5 rings (SSSR count). The van der Waals surface area contributed by atoms with Gasteiger partial charge < -0.3 is 20.7 Å². The SMILES string of the molecule is CCCNCCCNC(=O)c1ccc(-c2cc(=NC3CC3)n3ncc(=Cc4[nH]c(=O)[nH]c4O)c3n2)s1. The zero-order valence-corrected chi connectivity index (χ0v) is 20.7. The Hall–Kier alpha value is -3.77. The third-order valence-corrected chi connectivity index (χ3v) is 6.81. The average Bonchev–Trinajstić information content (AvgIpc) is 3.24. The molecule has 4 heterocycles. The van der Waals surface area contributed by atoms with Crippen molar-refractivity contribution in [1.82, 2.24) is 35.2 Å². The number of nitrogens with zero attached hydrogens (tertiary/aromatic N) is 4. The molecule has 11 nitrogen and oxygen atoms in total. The van der Waals surface area contributed by atoms with E-state index in [2.05, 4.69) is 32.6 Å². The van der Waals surface area contributed by atoms with Gasteiger partial charge in [0.25, 0.3) is 5.91 Å². The first kappa shape index (κ1) is 23.9. The minimum Gasteiger partial charge on any atom is -0.493 e. The fourth-order valence-electron chi connectivity index (χ4n) is 3.72. The van der Waals surface area contributed by atoms with Crippen LogP contribution in [-0.4, -0.2) is 61.3 Å². The van der Waals surface area contributed by atoms with Gasteiger partial charge in [-0.25, -0.2) is 9.78 Å². The Morgan fingerprint density at radius 3 is 2.92 bits per heavy atom. The van der Waals surface area contributed by atoms with Gasteiger partial charge in [0.2, 0.25) is 5.88 Å². The summed E-state index contributed by atoms with van der Waals surface area (Å²) in [6.45, 7) is 4.59. The fourth-order valence-corrected chi connectivity index (χ4v) is 4.61. The van der Waals surface area contributed by atoms with Crippen molar-refractivity contribution in [2.45, 2.75) is 38.6 Å². The molecule has 1 aliphatic carbocycles. The van der Waals surface area contributed by atoms with Crippen LogP contribution < -0.4 is 27.0 Å². The van der Waals surface area contributed by atoms with Crippen molar-refractivity contribution in [2.75, 3.05) is 19.6 Å². The van der Waals surface area contributed by atoms with Crippen molar-refractivity contribution in [3.05, 3.63) is 56.2 Å². The van der Waals surface area contributed by atoms with Gasteiger partial charge in [-0.3, -0.25) is 14.8 Å². The third kappa shape index (κ3) is 5.39. The van der Waals surface area contributed by atoms with Gasteiger partial charge in [-0.05, 0) is 57.0 Å². The molecule has 0 aliphatic heterocycles. The zero-order valence-electron chi connectivity index (χ0n) is 19.9. The summed E-state index contributed by atoms with van der Waals surface area (Å²) in [4.78, 5) is 40.0. The number of nitrogens with one attached hydrogen (secondary N) is 4. The van der Waals surface area contributed by atoms with Crippen LogP contribution in [0.5, 0.6) is 5.88 Å². The maximum Gasteiger partial charge on any atom is 0.326 e. The second-order valence-corrected chi connectivity index (χ2v) is 9.79. The first-order chi connectivity index (χ1) is 17.5. The normalized spacial score (nSPS) is 14.7. The lowest BCUT2D eigenvalue weighted by molar-refractivity contribution is 0.0957. The summed E-state index contributed by atoms with van der Waals surface area (Å²) in [7, 11) is 0. The Morgan fingerprint density at radius 1 is 1.31 bits per heavy atom. The average molecular weight is 509 g/mol. The van der Waals surface area contributed by atoms with Crippen molar-refractivity contribution in [1.29, 1.82) is 0 Å². The van der Waals surface area contributed by atoms with Gasteiger partial charge in [-0.15, -0.1) is 11.3 Å². The van der Waals surface area contributed by atoms with Crippen LogP contribution in [0.3, 0.4) is 0 Å². The summed E-state index contributed by atoms with van der Waals surface area (Å²) in [6, 6.07) is 5.84. The molecular formula is C24H28N8O3S. The van der Waals surface area contributed by atoms with Gasteiger partial charge in [0.05, 0.1) is 27.7 Å². The van der Waals surface area contributed by atoms with E-state index in [1.807, 2.05) is 12.1 Å². The highest BCUT2D eigenvalue weighted by atomic mass is 32.1. The predicted octanol–water partition coefficient (Wildman–Crippen LogP) is 0.910. The lowest BCUT2D eigenvalue weighted by Crippen LogP contribution is -2.26. The standard InChI is InChI=1S/C24H28N8O3S/c1-2-8-25-9-3-10-26-23(34)19-7-6-18(36-19)16-12-20(28-15-4-5-15)32-21(29-16)14(13-27-32)11-17-22(33)31-24(35)30-17/h6-7,11-13,15,25,33H,2-5,8-10H2,1H3,(H,26,34)(H2,30,31,35). The highest BCUT2D eigenvalue weighted by molar-refractivity contribution is 7.17. The Balaban J connectivity index is 1.45. The van der Waals surface area contributed by atoms with Crippen molar-refractivity contribution < 1.29 is 9.90 Å². The van der Waals surface area contributed by atoms with Crippen LogP contribution in [0.4, 0.5) is 0 Å². The predicted molar refractivity (Wildman–Crippen MR) is 137 cm³/mol. The largest absolute Gasteiger partial charge is 0.493 e. The number of aromatic amines is 2. The number of aromatic hydroxyl groups is 1. The van der Waals surface area contributed by atoms with E-state index < -0.39 is 5.69 Å². The van der Waals surface area contributed by atoms with E-state index in [0.717, 1.165) is 43.6 Å². The molecule has 1 fully saturated rings. The molecule has 4 aromatic rings. The number of fused-ring (bicyclic) bond motifs is 1. The first-order valence-electron chi connectivity index (χ1n) is 12.1. The smallest absolute Gasteiger partial charge is 0.326 e. The zero-order chi connectivity index (χ0) is 25.1. The number of carbonyl (C=O) groups excluding carboxylic acids is 1. The summed E-state index contributed by atoms with van der Waals surface area (Å²) in [5, 5.41) is 21.3. The minimum atomic E-state index is -0.505. The number of thiophene rings is 1. The summed E-state index contributed by atoms with van der Waals surface area (Å²) in [6.07, 6.45) is 7.26. The quantitative estimate of drug-likeness (QED) is 0.201. The van der Waals surface area contributed by atoms with Crippen LogP contribution in [0.15, 0.2) is 34.2 Å². The van der Waals surface area contributed by atoms with E-state index in [4.69, 9.17) is 9.98 Å². The van der Waals surface area contributed by atoms with Crippen molar-refractivity contribution in [2.24, 2.45) is 4.99 Å². The molecule has 0 unspecified atom stereocenters. The Kier molecular flexibility index (Phi) is 6.96. The number of hydrogen-bond donors (Lipinski definition) is 5. The van der Waals surface area contributed by atoms with Crippen molar-refractivity contribution >= 4 is 29.0 Å². The molecule has 5 N–H and O–H groups in total. The van der Waals surface area contributed by atoms with Crippen LogP contribution in [0.1, 0.15) is 48.0 Å². The van der Waals surface area contributed by atoms with Gasteiger partial charge in [0.1, 0.15) is 5.69 Å². The molecule has 0 bridgehead atoms. The van der Waals surface area contributed by atoms with Crippen LogP contribution in [0, 0.1) is 0 Å². The number of imidazole rings is 1. The molecule has 4 aromatic heterocycles. The Morgan fingerprint density at radius 2 is 2.17 bits per heavy atom. The lowest BCUT2D eigenvalue weighted by Gasteiger charge is -2.04. The molecule has 36 heavy (non-hydrogen) atoms. The molecule has 1 saturated carbocycles. The van der Waals surface area contributed by atoms with Crippen LogP contribution in [0.25, 0.3) is 22.3 Å². The maximum absolute atomic E-state index is 12.6. The second-order valence-electron chi connectivity index (χ2n) is 8.70. The third-order valence-electron chi connectivity index (χ3n) is 5.70. The van der Waals surface area contributed by atoms with Gasteiger partial charge in [0, 0.05) is 17.8 Å². The van der Waals surface area contributed by atoms with Gasteiger partial charge in [-0.2, -0.15) is 9.61 Å². The number of hydrogen-bond acceptors (Lipinski definition) is 8. The highest BCUT2D eigenvalue weighted by Gasteiger charge is 2.21. The lowest BCUT2D eigenvalue weighted by atomic mass is 10.3. The summed E-state index contributed by atoms with van der Waals surface area (Å²) >= 11 is 1.37. The highest BCUT2D eigenvalue weighted by Crippen LogP contribution is 2.27. The molecule has 0 spiro atoms. The Bertz CT molecular complexity index is 1560. The van der Waals surface area contributed by atoms with Crippen LogP contribution in [-0.2, 0) is 0 Å². The summed E-state index contributed by atoms with van der Waals surface area (Å²) < 4.78 is 1.66. The van der Waals surface area contributed by atoms with Gasteiger partial charge in [-0.1, -0.05) is 6.92 Å². The van der Waals surface area contributed by atoms with Gasteiger partial charge in [0.15, 0.2) is 11.1 Å².